The Hall–Kier alpha value is -1.16. The van der Waals surface area contributed by atoms with Gasteiger partial charge in [-0.25, -0.2) is 0 Å². The zero-order valence-electron chi connectivity index (χ0n) is 7.00. The second-order valence-corrected chi connectivity index (χ2v) is 3.31. The van der Waals surface area contributed by atoms with Gasteiger partial charge in [0.05, 0.1) is 0 Å². The minimum atomic E-state index is -0.673. The number of halogens is 1. The van der Waals surface area contributed by atoms with Crippen molar-refractivity contribution < 1.29 is 9.59 Å². The van der Waals surface area contributed by atoms with Crippen molar-refractivity contribution in [1.29, 1.82) is 0 Å². The largest absolute Gasteiger partial charge is 0.319 e. The van der Waals surface area contributed by atoms with Crippen LogP contribution < -0.4 is 5.32 Å². The van der Waals surface area contributed by atoms with Gasteiger partial charge in [0.1, 0.15) is 0 Å². The van der Waals surface area contributed by atoms with E-state index in [9.17, 15) is 9.59 Å². The molecule has 0 fully saturated rings. The lowest BCUT2D eigenvalue weighted by Gasteiger charge is -2.01. The van der Waals surface area contributed by atoms with Crippen LogP contribution in [-0.4, -0.2) is 10.6 Å². The SMILES string of the molecule is Cc1ccc(NC(=O)C(=O)Br)cc1. The van der Waals surface area contributed by atoms with Crippen LogP contribution in [0, 0.1) is 6.92 Å². The third-order valence-corrected chi connectivity index (χ3v) is 1.85. The third-order valence-electron chi connectivity index (χ3n) is 1.49. The third kappa shape index (κ3) is 2.99. The van der Waals surface area contributed by atoms with Crippen LogP contribution in [0.5, 0.6) is 0 Å². The summed E-state index contributed by atoms with van der Waals surface area (Å²) < 4.78 is -0.673. The number of benzene rings is 1. The average Bonchev–Trinajstić information content (AvgIpc) is 2.08. The molecule has 1 aromatic rings. The molecule has 1 aromatic carbocycles. The Morgan fingerprint density at radius 3 is 2.23 bits per heavy atom. The molecule has 0 radical (unpaired) electrons. The van der Waals surface area contributed by atoms with Gasteiger partial charge < -0.3 is 5.32 Å². The molecule has 0 spiro atoms. The Kier molecular flexibility index (Phi) is 3.19. The summed E-state index contributed by atoms with van der Waals surface area (Å²) in [6.45, 7) is 1.95. The topological polar surface area (TPSA) is 46.2 Å². The lowest BCUT2D eigenvalue weighted by molar-refractivity contribution is -0.129. The average molecular weight is 242 g/mol. The molecule has 0 aliphatic rings. The molecule has 0 saturated heterocycles. The minimum Gasteiger partial charge on any atom is -0.319 e. The summed E-state index contributed by atoms with van der Waals surface area (Å²) in [5.41, 5.74) is 1.71. The standard InChI is InChI=1S/C9H8BrNO2/c1-6-2-4-7(5-3-6)11-9(13)8(10)12/h2-5H,1H3,(H,11,13). The van der Waals surface area contributed by atoms with Gasteiger partial charge in [-0.15, -0.1) is 0 Å². The van der Waals surface area contributed by atoms with Crippen molar-refractivity contribution in [3.63, 3.8) is 0 Å². The smallest absolute Gasteiger partial charge is 0.303 e. The maximum absolute atomic E-state index is 10.9. The lowest BCUT2D eigenvalue weighted by atomic mass is 10.2. The molecule has 3 nitrogen and oxygen atoms in total. The Labute approximate surface area is 84.3 Å². The van der Waals surface area contributed by atoms with Crippen molar-refractivity contribution >= 4 is 32.2 Å². The number of hydrogen-bond acceptors (Lipinski definition) is 2. The highest BCUT2D eigenvalue weighted by Gasteiger charge is 2.08. The van der Waals surface area contributed by atoms with E-state index in [4.69, 9.17) is 0 Å². The van der Waals surface area contributed by atoms with Gasteiger partial charge >= 0.3 is 5.91 Å². The molecule has 0 aliphatic carbocycles. The van der Waals surface area contributed by atoms with Crippen LogP contribution in [-0.2, 0) is 9.59 Å². The highest BCUT2D eigenvalue weighted by molar-refractivity contribution is 9.19. The van der Waals surface area contributed by atoms with Crippen molar-refractivity contribution in [1.82, 2.24) is 0 Å². The highest BCUT2D eigenvalue weighted by atomic mass is 79.9. The van der Waals surface area contributed by atoms with E-state index in [2.05, 4.69) is 21.2 Å². The Balaban J connectivity index is 2.70. The number of nitrogens with one attached hydrogen (secondary N) is 1. The summed E-state index contributed by atoms with van der Waals surface area (Å²) in [6, 6.07) is 7.19. The van der Waals surface area contributed by atoms with Gasteiger partial charge in [0.25, 0.3) is 4.69 Å². The highest BCUT2D eigenvalue weighted by Crippen LogP contribution is 2.08. The number of amides is 1. The maximum Gasteiger partial charge on any atom is 0.303 e. The van der Waals surface area contributed by atoms with E-state index in [1.165, 1.54) is 0 Å². The molecular weight excluding hydrogens is 234 g/mol. The second kappa shape index (κ2) is 4.18. The predicted octanol–water partition coefficient (Wildman–Crippen LogP) is 1.86. The van der Waals surface area contributed by atoms with E-state index in [1.807, 2.05) is 19.1 Å². The first-order valence-corrected chi connectivity index (χ1v) is 4.46. The van der Waals surface area contributed by atoms with Crippen LogP contribution in [0.25, 0.3) is 0 Å². The molecule has 4 heteroatoms. The number of anilines is 1. The number of hydrogen-bond donors (Lipinski definition) is 1. The Morgan fingerprint density at radius 1 is 1.23 bits per heavy atom. The van der Waals surface area contributed by atoms with Crippen molar-refractivity contribution in [3.05, 3.63) is 29.8 Å². The first-order valence-electron chi connectivity index (χ1n) is 3.67. The van der Waals surface area contributed by atoms with E-state index < -0.39 is 10.6 Å². The van der Waals surface area contributed by atoms with Crippen LogP contribution in [0.2, 0.25) is 0 Å². The molecule has 1 rings (SSSR count). The molecule has 0 aliphatic heterocycles. The first kappa shape index (κ1) is 9.92. The number of carbonyl (C=O) groups excluding carboxylic acids is 2. The molecule has 0 bridgehead atoms. The van der Waals surface area contributed by atoms with Crippen LogP contribution in [0.4, 0.5) is 5.69 Å². The molecule has 0 saturated carbocycles. The van der Waals surface area contributed by atoms with E-state index in [0.29, 0.717) is 5.69 Å². The second-order valence-electron chi connectivity index (χ2n) is 2.59. The lowest BCUT2D eigenvalue weighted by Crippen LogP contribution is -2.17. The molecule has 68 valence electrons. The normalized spacial score (nSPS) is 9.38. The molecule has 0 unspecified atom stereocenters. The van der Waals surface area contributed by atoms with Gasteiger partial charge in [0.2, 0.25) is 0 Å². The molecule has 0 atom stereocenters. The van der Waals surface area contributed by atoms with Crippen molar-refractivity contribution in [2.75, 3.05) is 5.32 Å². The number of carbonyl (C=O) groups is 2. The van der Waals surface area contributed by atoms with Gasteiger partial charge in [-0.3, -0.25) is 9.59 Å². The fourth-order valence-electron chi connectivity index (χ4n) is 0.817. The first-order chi connectivity index (χ1) is 6.09. The van der Waals surface area contributed by atoms with Crippen LogP contribution >= 0.6 is 15.9 Å². The Bertz CT molecular complexity index is 332. The fourth-order valence-corrected chi connectivity index (χ4v) is 0.916. The van der Waals surface area contributed by atoms with Crippen LogP contribution in [0.15, 0.2) is 24.3 Å². The number of rotatable bonds is 2. The van der Waals surface area contributed by atoms with Crippen molar-refractivity contribution in [2.45, 2.75) is 6.92 Å². The number of aryl methyl sites for hydroxylation is 1. The van der Waals surface area contributed by atoms with Gasteiger partial charge in [0.15, 0.2) is 0 Å². The van der Waals surface area contributed by atoms with Crippen LogP contribution in [0.3, 0.4) is 0 Å². The Morgan fingerprint density at radius 2 is 1.77 bits per heavy atom. The van der Waals surface area contributed by atoms with Gasteiger partial charge in [0, 0.05) is 21.6 Å². The minimum absolute atomic E-state index is 0.614. The zero-order valence-corrected chi connectivity index (χ0v) is 8.59. The van der Waals surface area contributed by atoms with Crippen molar-refractivity contribution in [3.8, 4) is 0 Å². The van der Waals surface area contributed by atoms with Gasteiger partial charge in [-0.2, -0.15) is 0 Å². The summed E-state index contributed by atoms with van der Waals surface area (Å²) in [4.78, 5) is 21.4. The van der Waals surface area contributed by atoms with Crippen LogP contribution in [0.1, 0.15) is 5.56 Å². The predicted molar refractivity (Wildman–Crippen MR) is 53.7 cm³/mol. The van der Waals surface area contributed by atoms with E-state index >= 15 is 0 Å². The van der Waals surface area contributed by atoms with E-state index in [0.717, 1.165) is 5.56 Å². The molecular formula is C9H8BrNO2. The molecule has 1 amide bonds. The summed E-state index contributed by atoms with van der Waals surface area (Å²) in [5, 5.41) is 2.43. The maximum atomic E-state index is 10.9. The summed E-state index contributed by atoms with van der Waals surface area (Å²) in [6.07, 6.45) is 0. The zero-order chi connectivity index (χ0) is 9.84. The summed E-state index contributed by atoms with van der Waals surface area (Å²) in [5.74, 6) is -0.663. The molecule has 1 N–H and O–H groups in total. The van der Waals surface area contributed by atoms with Crippen molar-refractivity contribution in [2.24, 2.45) is 0 Å². The van der Waals surface area contributed by atoms with Gasteiger partial charge in [-0.05, 0) is 19.1 Å². The molecule has 0 aromatic heterocycles. The van der Waals surface area contributed by atoms with E-state index in [-0.39, 0.29) is 0 Å². The molecule has 13 heavy (non-hydrogen) atoms. The monoisotopic (exact) mass is 241 g/mol. The summed E-state index contributed by atoms with van der Waals surface area (Å²) in [7, 11) is 0. The molecule has 0 heterocycles. The van der Waals surface area contributed by atoms with Gasteiger partial charge in [-0.1, -0.05) is 17.7 Å². The quantitative estimate of drug-likeness (QED) is 0.635. The fraction of sp³-hybridized carbons (Fsp3) is 0.111. The van der Waals surface area contributed by atoms with E-state index in [1.54, 1.807) is 12.1 Å². The summed E-state index contributed by atoms with van der Waals surface area (Å²) >= 11 is 2.56.